The molecule has 0 bridgehead atoms. The summed E-state index contributed by atoms with van der Waals surface area (Å²) in [5.41, 5.74) is 1.30. The average molecular weight is 330 g/mol. The zero-order valence-corrected chi connectivity index (χ0v) is 14.3. The minimum absolute atomic E-state index is 0.398. The van der Waals surface area contributed by atoms with Gasteiger partial charge in [-0.2, -0.15) is 0 Å². The van der Waals surface area contributed by atoms with Crippen molar-refractivity contribution in [3.63, 3.8) is 0 Å². The number of hydrogen-bond donors (Lipinski definition) is 0. The van der Waals surface area contributed by atoms with Gasteiger partial charge in [0, 0.05) is 17.0 Å². The molecule has 1 aliphatic heterocycles. The maximum atomic E-state index is 6.25. The number of aromatic nitrogens is 1. The molecule has 0 atom stereocenters. The van der Waals surface area contributed by atoms with Crippen molar-refractivity contribution in [2.24, 2.45) is 0 Å². The highest BCUT2D eigenvalue weighted by Crippen LogP contribution is 2.38. The quantitative estimate of drug-likeness (QED) is 0.634. The Morgan fingerprint density at radius 2 is 1.74 bits per heavy atom. The summed E-state index contributed by atoms with van der Waals surface area (Å²) in [6.07, 6.45) is 1.71. The van der Waals surface area contributed by atoms with Crippen molar-refractivity contribution in [3.8, 4) is 0 Å². The van der Waals surface area contributed by atoms with Crippen LogP contribution in [-0.2, 0) is 9.31 Å². The van der Waals surface area contributed by atoms with Crippen LogP contribution >= 0.6 is 11.6 Å². The van der Waals surface area contributed by atoms with Crippen LogP contribution in [0.25, 0.3) is 22.1 Å². The largest absolute Gasteiger partial charge is 0.495 e. The van der Waals surface area contributed by atoms with Gasteiger partial charge >= 0.3 is 7.12 Å². The topological polar surface area (TPSA) is 44.5 Å². The Morgan fingerprint density at radius 3 is 2.43 bits per heavy atom. The zero-order valence-electron chi connectivity index (χ0n) is 13.5. The fourth-order valence-corrected chi connectivity index (χ4v) is 3.09. The molecule has 1 aliphatic rings. The molecule has 118 valence electrons. The third kappa shape index (κ3) is 2.11. The standard InChI is InChI=1S/C17H17BClNO3/c1-16(2)17(3,4)23-18(22-16)11-8-9-20-15-13(11)10-6-5-7-12(19)14(10)21-15/h5-9H,1-4H3. The zero-order chi connectivity index (χ0) is 16.4. The Kier molecular flexibility index (Phi) is 3.08. The summed E-state index contributed by atoms with van der Waals surface area (Å²) in [5, 5.41) is 2.38. The molecule has 0 aliphatic carbocycles. The van der Waals surface area contributed by atoms with Crippen LogP contribution in [0.2, 0.25) is 5.02 Å². The summed E-state index contributed by atoms with van der Waals surface area (Å²) in [7, 11) is -0.467. The van der Waals surface area contributed by atoms with E-state index in [1.165, 1.54) is 0 Å². The van der Waals surface area contributed by atoms with E-state index < -0.39 is 18.3 Å². The summed E-state index contributed by atoms with van der Waals surface area (Å²) < 4.78 is 18.2. The molecule has 0 unspecified atom stereocenters. The van der Waals surface area contributed by atoms with E-state index in [4.69, 9.17) is 25.3 Å². The van der Waals surface area contributed by atoms with E-state index in [0.29, 0.717) is 16.3 Å². The van der Waals surface area contributed by atoms with Crippen LogP contribution < -0.4 is 5.46 Å². The third-order valence-electron chi connectivity index (χ3n) is 4.89. The molecule has 0 spiro atoms. The number of fused-ring (bicyclic) bond motifs is 3. The lowest BCUT2D eigenvalue weighted by molar-refractivity contribution is 0.00578. The van der Waals surface area contributed by atoms with Gasteiger partial charge in [-0.3, -0.25) is 0 Å². The van der Waals surface area contributed by atoms with Crippen LogP contribution in [0.4, 0.5) is 0 Å². The van der Waals surface area contributed by atoms with E-state index in [1.54, 1.807) is 12.3 Å². The highest BCUT2D eigenvalue weighted by Gasteiger charge is 2.52. The molecule has 1 aromatic carbocycles. The van der Waals surface area contributed by atoms with E-state index in [-0.39, 0.29) is 0 Å². The third-order valence-corrected chi connectivity index (χ3v) is 5.19. The SMILES string of the molecule is CC1(C)OB(c2ccnc3oc4c(Cl)cccc4c23)OC1(C)C. The van der Waals surface area contributed by atoms with Crippen LogP contribution in [0.5, 0.6) is 0 Å². The molecule has 4 nitrogen and oxygen atoms in total. The van der Waals surface area contributed by atoms with Crippen molar-refractivity contribution in [1.82, 2.24) is 4.98 Å². The maximum Gasteiger partial charge on any atom is 0.495 e. The lowest BCUT2D eigenvalue weighted by Crippen LogP contribution is -2.41. The van der Waals surface area contributed by atoms with Gasteiger partial charge in [-0.15, -0.1) is 0 Å². The van der Waals surface area contributed by atoms with Gasteiger partial charge in [0.05, 0.1) is 16.2 Å². The first kappa shape index (κ1) is 15.0. The molecule has 0 N–H and O–H groups in total. The van der Waals surface area contributed by atoms with Crippen LogP contribution in [0.1, 0.15) is 27.7 Å². The van der Waals surface area contributed by atoms with Gasteiger partial charge in [-0.1, -0.05) is 23.7 Å². The summed E-state index contributed by atoms with van der Waals surface area (Å²) in [6.45, 7) is 8.15. The molecule has 6 heteroatoms. The molecule has 1 fully saturated rings. The monoisotopic (exact) mass is 329 g/mol. The highest BCUT2D eigenvalue weighted by atomic mass is 35.5. The fourth-order valence-electron chi connectivity index (χ4n) is 2.88. The van der Waals surface area contributed by atoms with Crippen molar-refractivity contribution in [1.29, 1.82) is 0 Å². The molecular formula is C17H17BClNO3. The molecular weight excluding hydrogens is 312 g/mol. The van der Waals surface area contributed by atoms with Gasteiger partial charge in [0.1, 0.15) is 0 Å². The predicted molar refractivity (Wildman–Crippen MR) is 92.2 cm³/mol. The van der Waals surface area contributed by atoms with Crippen LogP contribution in [0.3, 0.4) is 0 Å². The Balaban J connectivity index is 1.95. The number of furan rings is 1. The Bertz CT molecular complexity index is 903. The normalized spacial score (nSPS) is 19.8. The summed E-state index contributed by atoms with van der Waals surface area (Å²) in [4.78, 5) is 4.33. The maximum absolute atomic E-state index is 6.25. The van der Waals surface area contributed by atoms with Gasteiger partial charge in [-0.05, 0) is 45.3 Å². The molecule has 3 aromatic rings. The number of halogens is 1. The summed E-state index contributed by atoms with van der Waals surface area (Å²) in [6, 6.07) is 7.60. The lowest BCUT2D eigenvalue weighted by Gasteiger charge is -2.32. The first-order valence-electron chi connectivity index (χ1n) is 7.61. The van der Waals surface area contributed by atoms with Crippen LogP contribution in [0.15, 0.2) is 34.9 Å². The molecule has 2 aromatic heterocycles. The lowest BCUT2D eigenvalue weighted by atomic mass is 9.77. The summed E-state index contributed by atoms with van der Waals surface area (Å²) in [5.74, 6) is 0. The summed E-state index contributed by atoms with van der Waals surface area (Å²) >= 11 is 6.25. The number of benzene rings is 1. The van der Waals surface area contributed by atoms with Crippen molar-refractivity contribution in [3.05, 3.63) is 35.5 Å². The number of pyridine rings is 1. The van der Waals surface area contributed by atoms with Gasteiger partial charge in [0.15, 0.2) is 5.58 Å². The highest BCUT2D eigenvalue weighted by molar-refractivity contribution is 6.66. The van der Waals surface area contributed by atoms with Gasteiger partial charge in [0.2, 0.25) is 5.71 Å². The number of rotatable bonds is 1. The van der Waals surface area contributed by atoms with Crippen LogP contribution in [0, 0.1) is 0 Å². The number of para-hydroxylation sites is 1. The van der Waals surface area contributed by atoms with Gasteiger partial charge in [-0.25, -0.2) is 4.98 Å². The van der Waals surface area contributed by atoms with Crippen molar-refractivity contribution in [2.45, 2.75) is 38.9 Å². The van der Waals surface area contributed by atoms with Gasteiger partial charge in [0.25, 0.3) is 0 Å². The number of nitrogens with zero attached hydrogens (tertiary/aromatic N) is 1. The van der Waals surface area contributed by atoms with Crippen molar-refractivity contribution in [2.75, 3.05) is 0 Å². The first-order chi connectivity index (χ1) is 10.8. The van der Waals surface area contributed by atoms with E-state index in [9.17, 15) is 0 Å². The van der Waals surface area contributed by atoms with E-state index >= 15 is 0 Å². The van der Waals surface area contributed by atoms with E-state index in [1.807, 2.05) is 45.9 Å². The Labute approximate surface area is 139 Å². The van der Waals surface area contributed by atoms with Crippen LogP contribution in [-0.4, -0.2) is 23.3 Å². The van der Waals surface area contributed by atoms with Crippen molar-refractivity contribution < 1.29 is 13.7 Å². The minimum atomic E-state index is -0.467. The van der Waals surface area contributed by atoms with E-state index in [0.717, 1.165) is 16.2 Å². The Hall–Kier alpha value is -1.56. The molecule has 0 saturated carbocycles. The second-order valence-electron chi connectivity index (χ2n) is 6.89. The molecule has 0 amide bonds. The fraction of sp³-hybridized carbons (Fsp3) is 0.353. The smallest absolute Gasteiger partial charge is 0.436 e. The molecule has 1 saturated heterocycles. The van der Waals surface area contributed by atoms with Crippen molar-refractivity contribution >= 4 is 46.3 Å². The second-order valence-corrected chi connectivity index (χ2v) is 7.29. The minimum Gasteiger partial charge on any atom is -0.436 e. The predicted octanol–water partition coefficient (Wildman–Crippen LogP) is 3.93. The molecule has 0 radical (unpaired) electrons. The Morgan fingerprint density at radius 1 is 1.04 bits per heavy atom. The molecule has 4 rings (SSSR count). The van der Waals surface area contributed by atoms with E-state index in [2.05, 4.69) is 4.98 Å². The van der Waals surface area contributed by atoms with Gasteiger partial charge < -0.3 is 13.7 Å². The first-order valence-corrected chi connectivity index (χ1v) is 7.99. The second kappa shape index (κ2) is 4.73. The average Bonchev–Trinajstić information content (AvgIpc) is 2.95. The number of hydrogen-bond acceptors (Lipinski definition) is 4. The molecule has 23 heavy (non-hydrogen) atoms. The molecule has 3 heterocycles.